The van der Waals surface area contributed by atoms with Gasteiger partial charge in [0, 0.05) is 17.6 Å². The van der Waals surface area contributed by atoms with E-state index in [2.05, 4.69) is 27.9 Å². The number of hydrogen-bond donors (Lipinski definition) is 0. The number of nitrogens with zero attached hydrogens (tertiary/aromatic N) is 1. The van der Waals surface area contributed by atoms with Gasteiger partial charge < -0.3 is 4.90 Å². The molecule has 0 bridgehead atoms. The first-order valence-electron chi connectivity index (χ1n) is 6.50. The first kappa shape index (κ1) is 13.8. The predicted molar refractivity (Wildman–Crippen MR) is 77.8 cm³/mol. The number of ketones is 1. The molecule has 98 valence electrons. The summed E-state index contributed by atoms with van der Waals surface area (Å²) < 4.78 is 1.06. The normalized spacial score (nSPS) is 16.9. The minimum absolute atomic E-state index is 0.00171. The van der Waals surface area contributed by atoms with Gasteiger partial charge in [0.2, 0.25) is 0 Å². The molecule has 1 aliphatic rings. The molecule has 1 fully saturated rings. The number of Topliss-reactive ketones (excluding diaryl/α,β-unsaturated/α-hetero) is 1. The third-order valence-electron chi connectivity index (χ3n) is 3.52. The zero-order chi connectivity index (χ0) is 13.1. The van der Waals surface area contributed by atoms with Crippen LogP contribution in [-0.4, -0.2) is 30.8 Å². The smallest absolute Gasteiger partial charge is 0.138 e. The molecule has 1 saturated carbocycles. The van der Waals surface area contributed by atoms with Crippen molar-refractivity contribution in [2.24, 2.45) is 5.92 Å². The molecule has 1 atom stereocenters. The minimum atomic E-state index is 0.00171. The summed E-state index contributed by atoms with van der Waals surface area (Å²) in [6.07, 6.45) is 2.71. The maximum atomic E-state index is 11.8. The molecular formula is C15H20BrNO. The predicted octanol–water partition coefficient (Wildman–Crippen LogP) is 3.46. The summed E-state index contributed by atoms with van der Waals surface area (Å²) in [6.45, 7) is 3.64. The molecule has 0 aliphatic heterocycles. The Hall–Kier alpha value is -0.670. The van der Waals surface area contributed by atoms with Gasteiger partial charge in [-0.1, -0.05) is 28.1 Å². The quantitative estimate of drug-likeness (QED) is 0.802. The van der Waals surface area contributed by atoms with Gasteiger partial charge in [-0.25, -0.2) is 0 Å². The van der Waals surface area contributed by atoms with Crippen LogP contribution in [0.3, 0.4) is 0 Å². The summed E-state index contributed by atoms with van der Waals surface area (Å²) in [5.74, 6) is 1.12. The Kier molecular flexibility index (Phi) is 4.57. The minimum Gasteiger partial charge on any atom is -0.305 e. The van der Waals surface area contributed by atoms with E-state index in [1.807, 2.05) is 24.3 Å². The molecule has 2 rings (SSSR count). The molecule has 0 aromatic heterocycles. The van der Waals surface area contributed by atoms with Crippen LogP contribution in [0.15, 0.2) is 28.7 Å². The van der Waals surface area contributed by atoms with Gasteiger partial charge in [0.05, 0.1) is 5.92 Å². The molecule has 2 nitrogen and oxygen atoms in total. The molecule has 1 unspecified atom stereocenters. The van der Waals surface area contributed by atoms with Crippen molar-refractivity contribution in [2.75, 3.05) is 20.1 Å². The third kappa shape index (κ3) is 3.92. The van der Waals surface area contributed by atoms with Crippen molar-refractivity contribution in [3.63, 3.8) is 0 Å². The first-order valence-corrected chi connectivity index (χ1v) is 7.30. The van der Waals surface area contributed by atoms with Crippen molar-refractivity contribution in [1.29, 1.82) is 0 Å². The van der Waals surface area contributed by atoms with Gasteiger partial charge >= 0.3 is 0 Å². The van der Waals surface area contributed by atoms with E-state index in [1.165, 1.54) is 12.8 Å². The first-order chi connectivity index (χ1) is 8.56. The van der Waals surface area contributed by atoms with Gasteiger partial charge in [0.1, 0.15) is 5.78 Å². The van der Waals surface area contributed by atoms with E-state index in [0.29, 0.717) is 0 Å². The highest BCUT2D eigenvalue weighted by Gasteiger charge is 2.25. The summed E-state index contributed by atoms with van der Waals surface area (Å²) in [4.78, 5) is 14.1. The molecule has 0 spiro atoms. The van der Waals surface area contributed by atoms with Crippen molar-refractivity contribution < 1.29 is 4.79 Å². The third-order valence-corrected chi connectivity index (χ3v) is 4.05. The van der Waals surface area contributed by atoms with Gasteiger partial charge in [-0.05, 0) is 50.4 Å². The van der Waals surface area contributed by atoms with Gasteiger partial charge in [-0.3, -0.25) is 4.79 Å². The number of carbonyl (C=O) groups is 1. The van der Waals surface area contributed by atoms with Crippen molar-refractivity contribution >= 4 is 21.7 Å². The summed E-state index contributed by atoms with van der Waals surface area (Å²) in [5.41, 5.74) is 1.12. The number of hydrogen-bond acceptors (Lipinski definition) is 2. The maximum absolute atomic E-state index is 11.8. The zero-order valence-electron chi connectivity index (χ0n) is 11.0. The lowest BCUT2D eigenvalue weighted by Gasteiger charge is -2.22. The monoisotopic (exact) mass is 309 g/mol. The summed E-state index contributed by atoms with van der Waals surface area (Å²) in [6, 6.07) is 8.10. The molecule has 0 N–H and O–H groups in total. The summed E-state index contributed by atoms with van der Waals surface area (Å²) in [7, 11) is 2.12. The molecule has 3 heteroatoms. The fraction of sp³-hybridized carbons (Fsp3) is 0.533. The molecule has 0 saturated heterocycles. The number of halogens is 1. The highest BCUT2D eigenvalue weighted by Crippen LogP contribution is 2.30. The lowest BCUT2D eigenvalue weighted by molar-refractivity contribution is -0.118. The Morgan fingerprint density at radius 1 is 1.39 bits per heavy atom. The van der Waals surface area contributed by atoms with Crippen LogP contribution in [0.2, 0.25) is 0 Å². The molecule has 1 aromatic rings. The second kappa shape index (κ2) is 5.98. The second-order valence-corrected chi connectivity index (χ2v) is 6.30. The maximum Gasteiger partial charge on any atom is 0.138 e. The van der Waals surface area contributed by atoms with E-state index in [1.54, 1.807) is 6.92 Å². The van der Waals surface area contributed by atoms with E-state index in [0.717, 1.165) is 29.0 Å². The Morgan fingerprint density at radius 3 is 2.50 bits per heavy atom. The van der Waals surface area contributed by atoms with Crippen LogP contribution in [0.25, 0.3) is 0 Å². The van der Waals surface area contributed by atoms with Crippen molar-refractivity contribution in [3.05, 3.63) is 34.3 Å². The lowest BCUT2D eigenvalue weighted by atomic mass is 9.95. The van der Waals surface area contributed by atoms with Crippen LogP contribution in [0.5, 0.6) is 0 Å². The highest BCUT2D eigenvalue weighted by atomic mass is 79.9. The Morgan fingerprint density at radius 2 is 2.00 bits per heavy atom. The van der Waals surface area contributed by atoms with Crippen molar-refractivity contribution in [2.45, 2.75) is 25.7 Å². The molecule has 0 heterocycles. The Labute approximate surface area is 117 Å². The van der Waals surface area contributed by atoms with Crippen LogP contribution >= 0.6 is 15.9 Å². The van der Waals surface area contributed by atoms with E-state index in [4.69, 9.17) is 0 Å². The Balaban J connectivity index is 2.02. The Bertz CT molecular complexity index is 411. The second-order valence-electron chi connectivity index (χ2n) is 5.38. The number of benzene rings is 1. The largest absolute Gasteiger partial charge is 0.305 e. The van der Waals surface area contributed by atoms with E-state index in [9.17, 15) is 4.79 Å². The van der Waals surface area contributed by atoms with E-state index in [-0.39, 0.29) is 11.7 Å². The fourth-order valence-electron chi connectivity index (χ4n) is 2.29. The summed E-state index contributed by atoms with van der Waals surface area (Å²) in [5, 5.41) is 0. The van der Waals surface area contributed by atoms with Crippen molar-refractivity contribution in [3.8, 4) is 0 Å². The summed E-state index contributed by atoms with van der Waals surface area (Å²) >= 11 is 3.43. The van der Waals surface area contributed by atoms with Crippen LogP contribution < -0.4 is 0 Å². The zero-order valence-corrected chi connectivity index (χ0v) is 12.6. The topological polar surface area (TPSA) is 20.3 Å². The van der Waals surface area contributed by atoms with Gasteiger partial charge in [0.15, 0.2) is 0 Å². The van der Waals surface area contributed by atoms with Crippen molar-refractivity contribution in [1.82, 2.24) is 4.90 Å². The number of likely N-dealkylation sites (N-methyl/N-ethyl adjacent to an activating group) is 1. The molecular weight excluding hydrogens is 290 g/mol. The van der Waals surface area contributed by atoms with Crippen LogP contribution in [-0.2, 0) is 4.79 Å². The lowest BCUT2D eigenvalue weighted by Crippen LogP contribution is -2.29. The molecule has 18 heavy (non-hydrogen) atoms. The average molecular weight is 310 g/mol. The van der Waals surface area contributed by atoms with E-state index >= 15 is 0 Å². The standard InChI is InChI=1S/C15H20BrNO/c1-11(18)15(10-17(2)9-12-3-4-12)13-5-7-14(16)8-6-13/h5-8,12,15H,3-4,9-10H2,1-2H3. The molecule has 0 amide bonds. The molecule has 0 radical (unpaired) electrons. The fourth-order valence-corrected chi connectivity index (χ4v) is 2.56. The number of carbonyl (C=O) groups excluding carboxylic acids is 1. The highest BCUT2D eigenvalue weighted by molar-refractivity contribution is 9.10. The van der Waals surface area contributed by atoms with Crippen LogP contribution in [0.4, 0.5) is 0 Å². The van der Waals surface area contributed by atoms with Crippen LogP contribution in [0.1, 0.15) is 31.2 Å². The van der Waals surface area contributed by atoms with Gasteiger partial charge in [-0.15, -0.1) is 0 Å². The number of rotatable bonds is 6. The SMILES string of the molecule is CC(=O)C(CN(C)CC1CC1)c1ccc(Br)cc1. The van der Waals surface area contributed by atoms with Crippen LogP contribution in [0, 0.1) is 5.92 Å². The van der Waals surface area contributed by atoms with E-state index < -0.39 is 0 Å². The van der Waals surface area contributed by atoms with Gasteiger partial charge in [0.25, 0.3) is 0 Å². The van der Waals surface area contributed by atoms with Gasteiger partial charge in [-0.2, -0.15) is 0 Å². The molecule has 1 aromatic carbocycles. The average Bonchev–Trinajstić information content (AvgIpc) is 3.11. The molecule has 1 aliphatic carbocycles.